The van der Waals surface area contributed by atoms with Crippen LogP contribution in [0, 0.1) is 11.3 Å². The molecule has 0 aliphatic carbocycles. The van der Waals surface area contributed by atoms with Crippen LogP contribution in [0.4, 0.5) is 5.88 Å². The lowest BCUT2D eigenvalue weighted by Gasteiger charge is -2.28. The van der Waals surface area contributed by atoms with Crippen molar-refractivity contribution in [3.8, 4) is 11.8 Å². The highest BCUT2D eigenvalue weighted by molar-refractivity contribution is 6.30. The van der Waals surface area contributed by atoms with E-state index in [9.17, 15) is 5.26 Å². The number of nitriles is 1. The third-order valence-corrected chi connectivity index (χ3v) is 5.43. The number of nitrogens with one attached hydrogen (secondary N) is 1. The molecule has 1 atom stereocenters. The lowest BCUT2D eigenvalue weighted by molar-refractivity contribution is 0.252. The van der Waals surface area contributed by atoms with Crippen molar-refractivity contribution < 1.29 is 9.15 Å². The maximum Gasteiger partial charge on any atom is 0.236 e. The van der Waals surface area contributed by atoms with E-state index in [1.807, 2.05) is 6.07 Å². The molecule has 0 saturated carbocycles. The summed E-state index contributed by atoms with van der Waals surface area (Å²) in [6, 6.07) is 19.8. The molecule has 0 amide bonds. The van der Waals surface area contributed by atoms with Crippen LogP contribution in [0.3, 0.4) is 0 Å². The van der Waals surface area contributed by atoms with E-state index < -0.39 is 0 Å². The Hall–Kier alpha value is -3.01. The number of anilines is 1. The van der Waals surface area contributed by atoms with Crippen molar-refractivity contribution in [1.82, 2.24) is 9.88 Å². The zero-order valence-electron chi connectivity index (χ0n) is 16.6. The monoisotopic (exact) mass is 422 g/mol. The summed E-state index contributed by atoms with van der Waals surface area (Å²) in [5, 5.41) is 13.4. The summed E-state index contributed by atoms with van der Waals surface area (Å²) in [6.07, 6.45) is 2.42. The van der Waals surface area contributed by atoms with E-state index in [0.717, 1.165) is 13.1 Å². The van der Waals surface area contributed by atoms with Crippen LogP contribution in [-0.2, 0) is 6.61 Å². The number of rotatable bonds is 8. The highest BCUT2D eigenvalue weighted by Gasteiger charge is 2.24. The van der Waals surface area contributed by atoms with Gasteiger partial charge in [-0.1, -0.05) is 41.9 Å². The predicted molar refractivity (Wildman–Crippen MR) is 115 cm³/mol. The van der Waals surface area contributed by atoms with Crippen molar-refractivity contribution >= 4 is 17.5 Å². The Morgan fingerprint density at radius 3 is 2.57 bits per heavy atom. The molecule has 2 heterocycles. The number of aromatic nitrogens is 1. The highest BCUT2D eigenvalue weighted by Crippen LogP contribution is 2.27. The molecule has 0 bridgehead atoms. The Morgan fingerprint density at radius 2 is 1.87 bits per heavy atom. The van der Waals surface area contributed by atoms with Gasteiger partial charge in [0.1, 0.15) is 11.8 Å². The maximum atomic E-state index is 9.46. The van der Waals surface area contributed by atoms with Crippen molar-refractivity contribution in [3.63, 3.8) is 0 Å². The standard InChI is InChI=1S/C23H23ClN4O2/c24-18-8-10-19(11-9-18)29-16-22-27-20(14-25)23(30-22)26-15-21(28-12-4-5-13-28)17-6-2-1-3-7-17/h1-3,6-11,21,26H,4-5,12-13,15-16H2/t21-/m0/s1. The summed E-state index contributed by atoms with van der Waals surface area (Å²) < 4.78 is 11.5. The van der Waals surface area contributed by atoms with Gasteiger partial charge < -0.3 is 14.5 Å². The molecule has 1 fully saturated rings. The van der Waals surface area contributed by atoms with Crippen molar-refractivity contribution in [2.24, 2.45) is 0 Å². The lowest BCUT2D eigenvalue weighted by atomic mass is 10.1. The fourth-order valence-corrected chi connectivity index (χ4v) is 3.80. The topological polar surface area (TPSA) is 74.3 Å². The first-order valence-corrected chi connectivity index (χ1v) is 10.4. The van der Waals surface area contributed by atoms with Gasteiger partial charge in [0.05, 0.1) is 6.04 Å². The van der Waals surface area contributed by atoms with Crippen LogP contribution >= 0.6 is 11.6 Å². The van der Waals surface area contributed by atoms with Gasteiger partial charge in [-0.05, 0) is 55.8 Å². The van der Waals surface area contributed by atoms with Gasteiger partial charge in [0, 0.05) is 11.6 Å². The Balaban J connectivity index is 1.44. The molecule has 7 heteroatoms. The molecule has 6 nitrogen and oxygen atoms in total. The van der Waals surface area contributed by atoms with E-state index in [2.05, 4.69) is 45.5 Å². The molecule has 4 rings (SSSR count). The number of hydrogen-bond donors (Lipinski definition) is 1. The zero-order chi connectivity index (χ0) is 20.8. The quantitative estimate of drug-likeness (QED) is 0.549. The Morgan fingerprint density at radius 1 is 1.13 bits per heavy atom. The van der Waals surface area contributed by atoms with Crippen molar-refractivity contribution in [1.29, 1.82) is 5.26 Å². The Bertz CT molecular complexity index is 992. The van der Waals surface area contributed by atoms with Gasteiger partial charge >= 0.3 is 0 Å². The van der Waals surface area contributed by atoms with Crippen molar-refractivity contribution in [2.45, 2.75) is 25.5 Å². The molecule has 1 aliphatic rings. The second kappa shape index (κ2) is 9.66. The predicted octanol–water partition coefficient (Wildman–Crippen LogP) is 5.03. The third-order valence-electron chi connectivity index (χ3n) is 5.18. The van der Waals surface area contributed by atoms with Crippen LogP contribution in [0.25, 0.3) is 0 Å². The maximum absolute atomic E-state index is 9.46. The van der Waals surface area contributed by atoms with Crippen molar-refractivity contribution in [3.05, 3.63) is 76.8 Å². The third kappa shape index (κ3) is 4.93. The molecule has 0 unspecified atom stereocenters. The molecule has 1 saturated heterocycles. The van der Waals surface area contributed by atoms with Gasteiger partial charge in [0.15, 0.2) is 6.61 Å². The van der Waals surface area contributed by atoms with Crippen LogP contribution in [0.1, 0.15) is 36.0 Å². The minimum atomic E-state index is 0.131. The summed E-state index contributed by atoms with van der Waals surface area (Å²) in [4.78, 5) is 6.72. The number of oxazole rings is 1. The Kier molecular flexibility index (Phi) is 6.53. The average Bonchev–Trinajstić information content (AvgIpc) is 3.44. The fraction of sp³-hybridized carbons (Fsp3) is 0.304. The van der Waals surface area contributed by atoms with E-state index >= 15 is 0 Å². The lowest BCUT2D eigenvalue weighted by Crippen LogP contribution is -2.31. The number of benzene rings is 2. The molecule has 1 aromatic heterocycles. The number of nitrogens with zero attached hydrogens (tertiary/aromatic N) is 3. The van der Waals surface area contributed by atoms with Crippen LogP contribution < -0.4 is 10.1 Å². The number of halogens is 1. The van der Waals surface area contributed by atoms with E-state index in [-0.39, 0.29) is 18.3 Å². The van der Waals surface area contributed by atoms with Crippen molar-refractivity contribution in [2.75, 3.05) is 25.0 Å². The molecule has 1 aliphatic heterocycles. The van der Waals surface area contributed by atoms with Gasteiger partial charge in [-0.2, -0.15) is 10.2 Å². The molecular formula is C23H23ClN4O2. The van der Waals surface area contributed by atoms with Crippen LogP contribution in [0.15, 0.2) is 59.0 Å². The summed E-state index contributed by atoms with van der Waals surface area (Å²) in [5.74, 6) is 1.39. The molecular weight excluding hydrogens is 400 g/mol. The highest BCUT2D eigenvalue weighted by atomic mass is 35.5. The number of likely N-dealkylation sites (tertiary alicyclic amines) is 1. The summed E-state index contributed by atoms with van der Waals surface area (Å²) in [6.45, 7) is 2.91. The van der Waals surface area contributed by atoms with Gasteiger partial charge in [-0.25, -0.2) is 0 Å². The minimum Gasteiger partial charge on any atom is -0.484 e. The van der Waals surface area contributed by atoms with Gasteiger partial charge in [-0.15, -0.1) is 0 Å². The summed E-state index contributed by atoms with van der Waals surface area (Å²) in [5.41, 5.74) is 1.48. The first-order chi connectivity index (χ1) is 14.7. The van der Waals surface area contributed by atoms with Crippen LogP contribution in [0.5, 0.6) is 5.75 Å². The average molecular weight is 423 g/mol. The zero-order valence-corrected chi connectivity index (χ0v) is 17.3. The normalized spacial score (nSPS) is 14.9. The number of ether oxygens (including phenoxy) is 1. The van der Waals surface area contributed by atoms with Gasteiger partial charge in [0.2, 0.25) is 17.5 Å². The first kappa shape index (κ1) is 20.3. The van der Waals surface area contributed by atoms with Crippen LogP contribution in [-0.4, -0.2) is 29.5 Å². The van der Waals surface area contributed by atoms with E-state index in [0.29, 0.717) is 29.1 Å². The van der Waals surface area contributed by atoms with Gasteiger partial charge in [-0.3, -0.25) is 4.90 Å². The molecule has 0 radical (unpaired) electrons. The summed E-state index contributed by atoms with van der Waals surface area (Å²) >= 11 is 5.89. The molecule has 154 valence electrons. The molecule has 3 aromatic rings. The second-order valence-corrected chi connectivity index (χ2v) is 7.63. The summed E-state index contributed by atoms with van der Waals surface area (Å²) in [7, 11) is 0. The largest absolute Gasteiger partial charge is 0.484 e. The fourth-order valence-electron chi connectivity index (χ4n) is 3.67. The van der Waals surface area contributed by atoms with E-state index in [1.165, 1.54) is 18.4 Å². The number of hydrogen-bond acceptors (Lipinski definition) is 6. The Labute approximate surface area is 181 Å². The second-order valence-electron chi connectivity index (χ2n) is 7.19. The minimum absolute atomic E-state index is 0.131. The SMILES string of the molecule is N#Cc1nc(COc2ccc(Cl)cc2)oc1NC[C@@H](c1ccccc1)N1CCCC1. The molecule has 0 spiro atoms. The van der Waals surface area contributed by atoms with E-state index in [1.54, 1.807) is 24.3 Å². The molecule has 2 aromatic carbocycles. The molecule has 1 N–H and O–H groups in total. The van der Waals surface area contributed by atoms with Crippen LogP contribution in [0.2, 0.25) is 5.02 Å². The smallest absolute Gasteiger partial charge is 0.236 e. The molecule has 30 heavy (non-hydrogen) atoms. The first-order valence-electron chi connectivity index (χ1n) is 10.0. The van der Waals surface area contributed by atoms with E-state index in [4.69, 9.17) is 20.8 Å². The van der Waals surface area contributed by atoms with Gasteiger partial charge in [0.25, 0.3) is 0 Å².